The zero-order valence-corrected chi connectivity index (χ0v) is 13.6. The van der Waals surface area contributed by atoms with Crippen LogP contribution in [-0.4, -0.2) is 32.4 Å². The SMILES string of the molecule is COc1cc(C(C)(C)C)ccc1N1CC(C)OC(C)C1. The van der Waals surface area contributed by atoms with Crippen molar-refractivity contribution >= 4 is 5.69 Å². The standard InChI is InChI=1S/C17H27NO2/c1-12-10-18(11-13(2)20-12)15-8-7-14(17(3,4)5)9-16(15)19-6/h7-9,12-13H,10-11H2,1-6H3. The molecular formula is C17H27NO2. The first-order chi connectivity index (χ1) is 9.31. The molecule has 112 valence electrons. The lowest BCUT2D eigenvalue weighted by atomic mass is 9.87. The van der Waals surface area contributed by atoms with E-state index >= 15 is 0 Å². The van der Waals surface area contributed by atoms with Gasteiger partial charge in [-0.25, -0.2) is 0 Å². The molecule has 2 atom stereocenters. The summed E-state index contributed by atoms with van der Waals surface area (Å²) in [4.78, 5) is 2.37. The summed E-state index contributed by atoms with van der Waals surface area (Å²) >= 11 is 0. The van der Waals surface area contributed by atoms with Gasteiger partial charge in [0, 0.05) is 13.1 Å². The zero-order chi connectivity index (χ0) is 14.9. The first-order valence-corrected chi connectivity index (χ1v) is 7.40. The van der Waals surface area contributed by atoms with Crippen LogP contribution in [0.25, 0.3) is 0 Å². The molecule has 3 nitrogen and oxygen atoms in total. The van der Waals surface area contributed by atoms with E-state index in [-0.39, 0.29) is 17.6 Å². The van der Waals surface area contributed by atoms with Crippen molar-refractivity contribution in [1.82, 2.24) is 0 Å². The van der Waals surface area contributed by atoms with Gasteiger partial charge in [0.15, 0.2) is 0 Å². The second-order valence-corrected chi connectivity index (χ2v) is 6.80. The van der Waals surface area contributed by atoms with Gasteiger partial charge in [0.1, 0.15) is 5.75 Å². The van der Waals surface area contributed by atoms with Gasteiger partial charge in [-0.3, -0.25) is 0 Å². The van der Waals surface area contributed by atoms with Gasteiger partial charge in [-0.15, -0.1) is 0 Å². The molecule has 1 heterocycles. The Labute approximate surface area is 122 Å². The first-order valence-electron chi connectivity index (χ1n) is 7.40. The minimum atomic E-state index is 0.136. The number of hydrogen-bond acceptors (Lipinski definition) is 3. The third-order valence-electron chi connectivity index (χ3n) is 3.81. The van der Waals surface area contributed by atoms with Gasteiger partial charge < -0.3 is 14.4 Å². The molecule has 2 rings (SSSR count). The highest BCUT2D eigenvalue weighted by molar-refractivity contribution is 5.61. The van der Waals surface area contributed by atoms with E-state index in [4.69, 9.17) is 9.47 Å². The summed E-state index contributed by atoms with van der Waals surface area (Å²) in [5, 5.41) is 0. The summed E-state index contributed by atoms with van der Waals surface area (Å²) in [6, 6.07) is 6.56. The van der Waals surface area contributed by atoms with Gasteiger partial charge >= 0.3 is 0 Å². The summed E-state index contributed by atoms with van der Waals surface area (Å²) < 4.78 is 11.4. The third kappa shape index (κ3) is 3.26. The Bertz CT molecular complexity index is 455. The van der Waals surface area contributed by atoms with E-state index in [1.807, 2.05) is 0 Å². The maximum Gasteiger partial charge on any atom is 0.142 e. The molecule has 0 aliphatic carbocycles. The van der Waals surface area contributed by atoms with Crippen LogP contribution in [0, 0.1) is 0 Å². The average molecular weight is 277 g/mol. The number of hydrogen-bond donors (Lipinski definition) is 0. The summed E-state index contributed by atoms with van der Waals surface area (Å²) in [5.74, 6) is 0.957. The first kappa shape index (κ1) is 15.2. The Kier molecular flexibility index (Phi) is 4.28. The summed E-state index contributed by atoms with van der Waals surface area (Å²) in [5.41, 5.74) is 2.60. The molecule has 1 aliphatic rings. The van der Waals surface area contributed by atoms with Gasteiger partial charge in [0.25, 0.3) is 0 Å². The maximum absolute atomic E-state index is 5.81. The van der Waals surface area contributed by atoms with Gasteiger partial charge in [0.2, 0.25) is 0 Å². The van der Waals surface area contributed by atoms with E-state index in [2.05, 4.69) is 57.7 Å². The normalized spacial score (nSPS) is 23.8. The molecule has 0 saturated carbocycles. The van der Waals surface area contributed by atoms with Gasteiger partial charge in [-0.05, 0) is 37.0 Å². The predicted molar refractivity (Wildman–Crippen MR) is 83.9 cm³/mol. The molecule has 0 aromatic heterocycles. The Morgan fingerprint density at radius 1 is 1.15 bits per heavy atom. The topological polar surface area (TPSA) is 21.7 Å². The molecule has 3 heteroatoms. The minimum absolute atomic E-state index is 0.136. The molecule has 1 saturated heterocycles. The average Bonchev–Trinajstić information content (AvgIpc) is 2.35. The van der Waals surface area contributed by atoms with E-state index < -0.39 is 0 Å². The molecule has 0 spiro atoms. The molecular weight excluding hydrogens is 250 g/mol. The molecule has 1 aliphatic heterocycles. The zero-order valence-electron chi connectivity index (χ0n) is 13.6. The lowest BCUT2D eigenvalue weighted by Gasteiger charge is -2.37. The van der Waals surface area contributed by atoms with Crippen LogP contribution < -0.4 is 9.64 Å². The van der Waals surface area contributed by atoms with Crippen molar-refractivity contribution in [2.45, 2.75) is 52.2 Å². The van der Waals surface area contributed by atoms with Crippen molar-refractivity contribution in [3.05, 3.63) is 23.8 Å². The highest BCUT2D eigenvalue weighted by Crippen LogP contribution is 2.35. The molecule has 0 N–H and O–H groups in total. The molecule has 1 fully saturated rings. The van der Waals surface area contributed by atoms with E-state index in [0.717, 1.165) is 18.8 Å². The lowest BCUT2D eigenvalue weighted by molar-refractivity contribution is -0.00532. The summed E-state index contributed by atoms with van der Waals surface area (Å²) in [6.07, 6.45) is 0.511. The molecule has 0 radical (unpaired) electrons. The number of nitrogens with zero attached hydrogens (tertiary/aromatic N) is 1. The molecule has 20 heavy (non-hydrogen) atoms. The molecule has 0 amide bonds. The summed E-state index contributed by atoms with van der Waals surface area (Å²) in [7, 11) is 1.75. The quantitative estimate of drug-likeness (QED) is 0.824. The largest absolute Gasteiger partial charge is 0.495 e. The highest BCUT2D eigenvalue weighted by Gasteiger charge is 2.25. The summed E-state index contributed by atoms with van der Waals surface area (Å²) in [6.45, 7) is 12.7. The number of rotatable bonds is 2. The van der Waals surface area contributed by atoms with Crippen molar-refractivity contribution in [3.8, 4) is 5.75 Å². The smallest absolute Gasteiger partial charge is 0.142 e. The fraction of sp³-hybridized carbons (Fsp3) is 0.647. The second kappa shape index (κ2) is 5.65. The number of methoxy groups -OCH3 is 1. The maximum atomic E-state index is 5.81. The second-order valence-electron chi connectivity index (χ2n) is 6.80. The minimum Gasteiger partial charge on any atom is -0.495 e. The Morgan fingerprint density at radius 2 is 1.75 bits per heavy atom. The van der Waals surface area contributed by atoms with Crippen molar-refractivity contribution < 1.29 is 9.47 Å². The van der Waals surface area contributed by atoms with Crippen LogP contribution in [0.4, 0.5) is 5.69 Å². The van der Waals surface area contributed by atoms with Gasteiger partial charge in [0.05, 0.1) is 25.0 Å². The number of morpholine rings is 1. The highest BCUT2D eigenvalue weighted by atomic mass is 16.5. The molecule has 2 unspecified atom stereocenters. The van der Waals surface area contributed by atoms with E-state index in [1.165, 1.54) is 11.3 Å². The fourth-order valence-corrected chi connectivity index (χ4v) is 2.78. The van der Waals surface area contributed by atoms with Crippen LogP contribution in [-0.2, 0) is 10.2 Å². The third-order valence-corrected chi connectivity index (χ3v) is 3.81. The van der Waals surface area contributed by atoms with Crippen molar-refractivity contribution in [3.63, 3.8) is 0 Å². The van der Waals surface area contributed by atoms with Crippen LogP contribution in [0.3, 0.4) is 0 Å². The Hall–Kier alpha value is -1.22. The van der Waals surface area contributed by atoms with Crippen LogP contribution in [0.5, 0.6) is 5.75 Å². The van der Waals surface area contributed by atoms with Gasteiger partial charge in [-0.1, -0.05) is 26.8 Å². The van der Waals surface area contributed by atoms with Crippen molar-refractivity contribution in [2.24, 2.45) is 0 Å². The fourth-order valence-electron chi connectivity index (χ4n) is 2.78. The van der Waals surface area contributed by atoms with Crippen LogP contribution in [0.2, 0.25) is 0 Å². The number of ether oxygens (including phenoxy) is 2. The monoisotopic (exact) mass is 277 g/mol. The predicted octanol–water partition coefficient (Wildman–Crippen LogP) is 3.61. The van der Waals surface area contributed by atoms with Crippen molar-refractivity contribution in [1.29, 1.82) is 0 Å². The lowest BCUT2D eigenvalue weighted by Crippen LogP contribution is -2.45. The van der Waals surface area contributed by atoms with E-state index in [1.54, 1.807) is 7.11 Å². The molecule has 1 aromatic carbocycles. The van der Waals surface area contributed by atoms with Crippen LogP contribution >= 0.6 is 0 Å². The Morgan fingerprint density at radius 3 is 2.25 bits per heavy atom. The van der Waals surface area contributed by atoms with E-state index in [0.29, 0.717) is 0 Å². The number of benzene rings is 1. The van der Waals surface area contributed by atoms with Gasteiger partial charge in [-0.2, -0.15) is 0 Å². The van der Waals surface area contributed by atoms with Crippen molar-refractivity contribution in [2.75, 3.05) is 25.1 Å². The number of anilines is 1. The van der Waals surface area contributed by atoms with E-state index in [9.17, 15) is 0 Å². The van der Waals surface area contributed by atoms with Crippen LogP contribution in [0.15, 0.2) is 18.2 Å². The molecule has 0 bridgehead atoms. The Balaban J connectivity index is 2.32. The van der Waals surface area contributed by atoms with Crippen LogP contribution in [0.1, 0.15) is 40.2 Å². The molecule has 1 aromatic rings.